The summed E-state index contributed by atoms with van der Waals surface area (Å²) in [6, 6.07) is 0. The van der Waals surface area contributed by atoms with E-state index in [1.165, 1.54) is 0 Å². The average molecular weight is 200 g/mol. The van der Waals surface area contributed by atoms with Crippen molar-refractivity contribution in [3.63, 3.8) is 0 Å². The third-order valence-corrected chi connectivity index (χ3v) is 3.12. The number of hydrogen-bond acceptors (Lipinski definition) is 1. The van der Waals surface area contributed by atoms with Crippen molar-refractivity contribution >= 4 is 0 Å². The van der Waals surface area contributed by atoms with Crippen LogP contribution in [0.2, 0.25) is 0 Å². The van der Waals surface area contributed by atoms with Gasteiger partial charge in [-0.3, -0.25) is 0 Å². The number of rotatable bonds is 3. The van der Waals surface area contributed by atoms with Gasteiger partial charge in [-0.25, -0.2) is 0 Å². The van der Waals surface area contributed by atoms with Crippen LogP contribution in [0.15, 0.2) is 0 Å². The van der Waals surface area contributed by atoms with Crippen LogP contribution < -0.4 is 0 Å². The van der Waals surface area contributed by atoms with E-state index < -0.39 is 0 Å². The van der Waals surface area contributed by atoms with Crippen molar-refractivity contribution < 1.29 is 4.74 Å². The molecule has 0 aromatic heterocycles. The molecule has 0 spiro atoms. The molecule has 14 heavy (non-hydrogen) atoms. The quantitative estimate of drug-likeness (QED) is 0.661. The summed E-state index contributed by atoms with van der Waals surface area (Å²) in [7, 11) is 0. The lowest BCUT2D eigenvalue weighted by Gasteiger charge is -2.39. The second-order valence-corrected chi connectivity index (χ2v) is 6.92. The third kappa shape index (κ3) is 4.99. The number of ether oxygens (including phenoxy) is 1. The van der Waals surface area contributed by atoms with Crippen LogP contribution in [-0.2, 0) is 4.74 Å². The maximum absolute atomic E-state index is 5.97. The summed E-state index contributed by atoms with van der Waals surface area (Å²) < 4.78 is 5.97. The lowest BCUT2D eigenvalue weighted by molar-refractivity contribution is -0.0960. The molecule has 0 aliphatic rings. The minimum Gasteiger partial charge on any atom is -0.375 e. The highest BCUT2D eigenvalue weighted by molar-refractivity contribution is 4.83. The fourth-order valence-corrected chi connectivity index (χ4v) is 0.829. The molecule has 0 saturated heterocycles. The Labute approximate surface area is 90.2 Å². The summed E-state index contributed by atoms with van der Waals surface area (Å²) in [6.45, 7) is 18.6. The second kappa shape index (κ2) is 4.22. The Hall–Kier alpha value is -0.0400. The molecule has 0 heterocycles. The van der Waals surface area contributed by atoms with E-state index in [4.69, 9.17) is 4.74 Å². The predicted molar refractivity (Wildman–Crippen MR) is 63.6 cm³/mol. The summed E-state index contributed by atoms with van der Waals surface area (Å²) in [4.78, 5) is 0. The van der Waals surface area contributed by atoms with Crippen molar-refractivity contribution in [3.8, 4) is 0 Å². The van der Waals surface area contributed by atoms with Gasteiger partial charge in [-0.05, 0) is 31.1 Å². The van der Waals surface area contributed by atoms with Gasteiger partial charge in [0.25, 0.3) is 0 Å². The van der Waals surface area contributed by atoms with Gasteiger partial charge in [0.2, 0.25) is 0 Å². The van der Waals surface area contributed by atoms with Crippen LogP contribution in [0.1, 0.15) is 61.8 Å². The van der Waals surface area contributed by atoms with Crippen molar-refractivity contribution in [2.75, 3.05) is 6.61 Å². The topological polar surface area (TPSA) is 9.23 Å². The molecule has 86 valence electrons. The molecule has 0 aromatic carbocycles. The molecule has 0 aliphatic carbocycles. The molecule has 0 saturated carbocycles. The van der Waals surface area contributed by atoms with Crippen LogP contribution in [0, 0.1) is 10.8 Å². The minimum atomic E-state index is -0.0434. The van der Waals surface area contributed by atoms with Gasteiger partial charge in [-0.2, -0.15) is 0 Å². The van der Waals surface area contributed by atoms with Crippen molar-refractivity contribution in [3.05, 3.63) is 0 Å². The van der Waals surface area contributed by atoms with E-state index in [9.17, 15) is 0 Å². The predicted octanol–water partition coefficient (Wildman–Crippen LogP) is 4.26. The van der Waals surface area contributed by atoms with Crippen molar-refractivity contribution in [1.82, 2.24) is 0 Å². The summed E-state index contributed by atoms with van der Waals surface area (Å²) >= 11 is 0. The molecule has 1 heteroatoms. The Morgan fingerprint density at radius 2 is 1.21 bits per heavy atom. The van der Waals surface area contributed by atoms with E-state index in [1.54, 1.807) is 0 Å². The molecule has 0 radical (unpaired) electrons. The first-order valence-corrected chi connectivity index (χ1v) is 5.60. The highest BCUT2D eigenvalue weighted by atomic mass is 16.5. The van der Waals surface area contributed by atoms with Crippen molar-refractivity contribution in [2.45, 2.75) is 67.4 Å². The number of hydrogen-bond donors (Lipinski definition) is 0. The molecule has 0 N–H and O–H groups in total. The highest BCUT2D eigenvalue weighted by Gasteiger charge is 2.33. The third-order valence-electron chi connectivity index (χ3n) is 3.12. The normalized spacial score (nSPS) is 14.6. The average Bonchev–Trinajstić information content (AvgIpc) is 1.80. The highest BCUT2D eigenvalue weighted by Crippen LogP contribution is 2.33. The van der Waals surface area contributed by atoms with Crippen LogP contribution in [0.5, 0.6) is 0 Å². The minimum absolute atomic E-state index is 0.0434. The molecular formula is C13H28O. The van der Waals surface area contributed by atoms with Gasteiger partial charge in [-0.15, -0.1) is 0 Å². The summed E-state index contributed by atoms with van der Waals surface area (Å²) in [5, 5.41) is 0. The van der Waals surface area contributed by atoms with Gasteiger partial charge in [0.1, 0.15) is 0 Å². The Balaban J connectivity index is 4.02. The van der Waals surface area contributed by atoms with Gasteiger partial charge < -0.3 is 4.74 Å². The first-order chi connectivity index (χ1) is 5.96. The van der Waals surface area contributed by atoms with Crippen LogP contribution in [0.25, 0.3) is 0 Å². The van der Waals surface area contributed by atoms with E-state index in [-0.39, 0.29) is 11.0 Å². The van der Waals surface area contributed by atoms with E-state index in [2.05, 4.69) is 55.4 Å². The summed E-state index contributed by atoms with van der Waals surface area (Å²) in [5.41, 5.74) is 0.525. The van der Waals surface area contributed by atoms with Crippen LogP contribution in [0.4, 0.5) is 0 Å². The smallest absolute Gasteiger partial charge is 0.0674 e. The maximum Gasteiger partial charge on any atom is 0.0674 e. The van der Waals surface area contributed by atoms with Gasteiger partial charge in [0.05, 0.1) is 5.60 Å². The molecule has 0 bridgehead atoms. The van der Waals surface area contributed by atoms with Crippen LogP contribution in [-0.4, -0.2) is 12.2 Å². The lowest BCUT2D eigenvalue weighted by Crippen LogP contribution is -2.40. The van der Waals surface area contributed by atoms with Crippen LogP contribution >= 0.6 is 0 Å². The molecular weight excluding hydrogens is 172 g/mol. The standard InChI is InChI=1S/C13H28O/c1-11(2,3)9-10-14-13(7,8)12(4,5)6/h9-10H2,1-8H3. The molecule has 1 nitrogen and oxygen atoms in total. The Bertz CT molecular complexity index is 167. The Morgan fingerprint density at radius 3 is 1.50 bits per heavy atom. The molecule has 0 amide bonds. The molecule has 0 aromatic rings. The van der Waals surface area contributed by atoms with Crippen molar-refractivity contribution in [1.29, 1.82) is 0 Å². The zero-order chi connectivity index (χ0) is 11.6. The van der Waals surface area contributed by atoms with E-state index >= 15 is 0 Å². The monoisotopic (exact) mass is 200 g/mol. The van der Waals surface area contributed by atoms with Gasteiger partial charge in [-0.1, -0.05) is 41.5 Å². The van der Waals surface area contributed by atoms with E-state index in [1.807, 2.05) is 0 Å². The summed E-state index contributed by atoms with van der Waals surface area (Å²) in [5.74, 6) is 0. The first-order valence-electron chi connectivity index (χ1n) is 5.60. The maximum atomic E-state index is 5.97. The lowest BCUT2D eigenvalue weighted by atomic mass is 9.79. The van der Waals surface area contributed by atoms with Crippen LogP contribution in [0.3, 0.4) is 0 Å². The van der Waals surface area contributed by atoms with Gasteiger partial charge in [0.15, 0.2) is 0 Å². The van der Waals surface area contributed by atoms with E-state index in [0.29, 0.717) is 5.41 Å². The Kier molecular flexibility index (Phi) is 4.21. The first kappa shape index (κ1) is 14.0. The second-order valence-electron chi connectivity index (χ2n) is 6.92. The molecule has 0 rings (SSSR count). The SMILES string of the molecule is CC(C)(C)CCOC(C)(C)C(C)(C)C. The van der Waals surface area contributed by atoms with Gasteiger partial charge >= 0.3 is 0 Å². The largest absolute Gasteiger partial charge is 0.375 e. The molecule has 0 unspecified atom stereocenters. The molecule has 0 aliphatic heterocycles. The fourth-order valence-electron chi connectivity index (χ4n) is 0.829. The Morgan fingerprint density at radius 1 is 0.786 bits per heavy atom. The van der Waals surface area contributed by atoms with Crippen molar-refractivity contribution in [2.24, 2.45) is 10.8 Å². The summed E-state index contributed by atoms with van der Waals surface area (Å²) in [6.07, 6.45) is 1.12. The van der Waals surface area contributed by atoms with E-state index in [0.717, 1.165) is 13.0 Å². The molecule has 0 atom stereocenters. The zero-order valence-electron chi connectivity index (χ0n) is 11.3. The van der Waals surface area contributed by atoms with Gasteiger partial charge in [0, 0.05) is 6.61 Å². The zero-order valence-corrected chi connectivity index (χ0v) is 11.3. The molecule has 0 fully saturated rings. The fraction of sp³-hybridized carbons (Fsp3) is 1.00.